The van der Waals surface area contributed by atoms with Crippen LogP contribution in [-0.2, 0) is 28.9 Å². The Labute approximate surface area is 365 Å². The maximum absolute atomic E-state index is 13.0. The van der Waals surface area contributed by atoms with Crippen molar-refractivity contribution in [1.82, 2.24) is 5.32 Å². The lowest BCUT2D eigenvalue weighted by atomic mass is 9.99. The molecule has 0 spiro atoms. The highest BCUT2D eigenvalue weighted by atomic mass is 32.3. The van der Waals surface area contributed by atoms with E-state index in [1.807, 2.05) is 6.08 Å². The molecule has 1 rings (SSSR count). The Kier molecular flexibility index (Phi) is 35.5. The second kappa shape index (κ2) is 37.8. The van der Waals surface area contributed by atoms with Crippen LogP contribution in [0, 0.1) is 0 Å². The van der Waals surface area contributed by atoms with Crippen LogP contribution in [0.5, 0.6) is 0 Å². The number of hydrogen-bond donors (Lipinski definition) is 6. The molecule has 1 fully saturated rings. The maximum atomic E-state index is 13.0. The van der Waals surface area contributed by atoms with Crippen molar-refractivity contribution >= 4 is 16.3 Å². The summed E-state index contributed by atoms with van der Waals surface area (Å²) in [5.41, 5.74) is 0. The fourth-order valence-corrected chi connectivity index (χ4v) is 7.93. The van der Waals surface area contributed by atoms with Gasteiger partial charge in [-0.1, -0.05) is 179 Å². The average molecular weight is 874 g/mol. The van der Waals surface area contributed by atoms with Gasteiger partial charge >= 0.3 is 10.4 Å². The van der Waals surface area contributed by atoms with E-state index < -0.39 is 59.9 Å². The molecule has 352 valence electrons. The maximum Gasteiger partial charge on any atom is 0.397 e. The number of hydrogen-bond acceptors (Lipinski definition) is 10. The van der Waals surface area contributed by atoms with E-state index >= 15 is 0 Å². The third-order valence-corrected chi connectivity index (χ3v) is 11.6. The van der Waals surface area contributed by atoms with Crippen LogP contribution >= 0.6 is 0 Å². The number of aliphatic hydroxyl groups excluding tert-OH is 4. The number of aliphatic hydroxyl groups is 4. The highest BCUT2D eigenvalue weighted by Gasteiger charge is 2.48. The van der Waals surface area contributed by atoms with Gasteiger partial charge in [-0.05, 0) is 51.4 Å². The van der Waals surface area contributed by atoms with Gasteiger partial charge in [-0.25, -0.2) is 4.18 Å². The molecule has 1 amide bonds. The number of nitrogens with one attached hydrogen (secondary N) is 1. The van der Waals surface area contributed by atoms with Gasteiger partial charge in [0.2, 0.25) is 5.91 Å². The van der Waals surface area contributed by atoms with E-state index in [1.165, 1.54) is 116 Å². The summed E-state index contributed by atoms with van der Waals surface area (Å²) in [6.45, 7) is 3.36. The molecular weight excluding hydrogens is 787 g/mol. The van der Waals surface area contributed by atoms with Gasteiger partial charge in [0.25, 0.3) is 0 Å². The zero-order chi connectivity index (χ0) is 44.1. The molecule has 0 aromatic carbocycles. The number of allylic oxidation sites excluding steroid dienone is 5. The fraction of sp³-hybridized carbons (Fsp3) is 0.851. The van der Waals surface area contributed by atoms with Gasteiger partial charge in [-0.2, -0.15) is 8.42 Å². The summed E-state index contributed by atoms with van der Waals surface area (Å²) in [5.74, 6) is -0.271. The van der Waals surface area contributed by atoms with Crippen LogP contribution in [0.15, 0.2) is 36.5 Å². The van der Waals surface area contributed by atoms with Crippen LogP contribution in [0.1, 0.15) is 200 Å². The van der Waals surface area contributed by atoms with E-state index in [9.17, 15) is 38.2 Å². The second-order valence-corrected chi connectivity index (χ2v) is 17.7. The molecule has 7 atom stereocenters. The summed E-state index contributed by atoms with van der Waals surface area (Å²) in [6, 6.07) is -0.947. The minimum atomic E-state index is -5.09. The molecular formula is C47H87NO11S. The van der Waals surface area contributed by atoms with Crippen molar-refractivity contribution in [1.29, 1.82) is 0 Å². The zero-order valence-electron chi connectivity index (χ0n) is 37.5. The molecule has 0 aliphatic carbocycles. The molecule has 0 aromatic rings. The van der Waals surface area contributed by atoms with Crippen LogP contribution in [0.3, 0.4) is 0 Å². The van der Waals surface area contributed by atoms with Gasteiger partial charge in [-0.15, -0.1) is 0 Å². The first-order valence-electron chi connectivity index (χ1n) is 23.9. The van der Waals surface area contributed by atoms with Gasteiger partial charge in [0.05, 0.1) is 25.4 Å². The zero-order valence-corrected chi connectivity index (χ0v) is 38.3. The molecule has 6 N–H and O–H groups in total. The lowest BCUT2D eigenvalue weighted by Gasteiger charge is -2.41. The van der Waals surface area contributed by atoms with Gasteiger partial charge in [-0.3, -0.25) is 9.35 Å². The van der Waals surface area contributed by atoms with E-state index in [2.05, 4.69) is 47.7 Å². The smallest absolute Gasteiger partial charge is 0.394 e. The van der Waals surface area contributed by atoms with Crippen LogP contribution in [0.2, 0.25) is 0 Å². The summed E-state index contributed by atoms with van der Waals surface area (Å²) in [7, 11) is -5.09. The average Bonchev–Trinajstić information content (AvgIpc) is 3.22. The normalized spacial score (nSPS) is 21.1. The van der Waals surface area contributed by atoms with Crippen molar-refractivity contribution in [2.75, 3.05) is 13.2 Å². The van der Waals surface area contributed by atoms with Crippen LogP contribution in [0.25, 0.3) is 0 Å². The molecule has 1 aliphatic rings. The van der Waals surface area contributed by atoms with Crippen LogP contribution < -0.4 is 5.32 Å². The number of rotatable bonds is 40. The molecule has 0 radical (unpaired) electrons. The van der Waals surface area contributed by atoms with E-state index in [1.54, 1.807) is 6.08 Å². The number of carbonyl (C=O) groups is 1. The van der Waals surface area contributed by atoms with E-state index in [-0.39, 0.29) is 18.9 Å². The monoisotopic (exact) mass is 874 g/mol. The first-order chi connectivity index (χ1) is 29.0. The quantitative estimate of drug-likeness (QED) is 0.0195. The number of ether oxygens (including phenoxy) is 2. The molecule has 0 saturated carbocycles. The van der Waals surface area contributed by atoms with Crippen molar-refractivity contribution in [3.05, 3.63) is 36.5 Å². The van der Waals surface area contributed by atoms with Crippen LogP contribution in [-0.4, -0.2) is 95.4 Å². The highest BCUT2D eigenvalue weighted by Crippen LogP contribution is 2.26. The Bertz CT molecular complexity index is 1210. The van der Waals surface area contributed by atoms with Crippen LogP contribution in [0.4, 0.5) is 0 Å². The third-order valence-electron chi connectivity index (χ3n) is 11.2. The summed E-state index contributed by atoms with van der Waals surface area (Å²) in [5, 5.41) is 44.7. The van der Waals surface area contributed by atoms with Gasteiger partial charge < -0.3 is 35.2 Å². The molecule has 1 heterocycles. The number of amides is 1. The van der Waals surface area contributed by atoms with Crippen molar-refractivity contribution in [3.63, 3.8) is 0 Å². The molecule has 60 heavy (non-hydrogen) atoms. The third kappa shape index (κ3) is 30.4. The van der Waals surface area contributed by atoms with E-state index in [4.69, 9.17) is 9.47 Å². The Morgan fingerprint density at radius 1 is 0.667 bits per heavy atom. The summed E-state index contributed by atoms with van der Waals surface area (Å²) in [4.78, 5) is 13.0. The summed E-state index contributed by atoms with van der Waals surface area (Å²) in [6.07, 6.45) is 36.0. The van der Waals surface area contributed by atoms with Gasteiger partial charge in [0, 0.05) is 6.42 Å². The predicted molar refractivity (Wildman–Crippen MR) is 241 cm³/mol. The molecule has 1 aliphatic heterocycles. The van der Waals surface area contributed by atoms with E-state index in [0.29, 0.717) is 6.42 Å². The van der Waals surface area contributed by atoms with Gasteiger partial charge in [0.1, 0.15) is 24.4 Å². The Morgan fingerprint density at radius 2 is 1.12 bits per heavy atom. The fourth-order valence-electron chi connectivity index (χ4n) is 7.43. The van der Waals surface area contributed by atoms with E-state index in [0.717, 1.165) is 57.8 Å². The first-order valence-corrected chi connectivity index (χ1v) is 25.2. The minimum absolute atomic E-state index is 0.259. The number of unbranched alkanes of at least 4 members (excludes halogenated alkanes) is 24. The molecule has 0 bridgehead atoms. The highest BCUT2D eigenvalue weighted by molar-refractivity contribution is 7.80. The second-order valence-electron chi connectivity index (χ2n) is 16.7. The number of carbonyl (C=O) groups excluding carboxylic acids is 1. The largest absolute Gasteiger partial charge is 0.397 e. The minimum Gasteiger partial charge on any atom is -0.394 e. The van der Waals surface area contributed by atoms with Crippen molar-refractivity contribution < 1.29 is 51.8 Å². The lowest BCUT2D eigenvalue weighted by molar-refractivity contribution is -0.298. The molecule has 13 heteroatoms. The Morgan fingerprint density at radius 3 is 1.62 bits per heavy atom. The molecule has 7 unspecified atom stereocenters. The first kappa shape index (κ1) is 56.3. The SMILES string of the molecule is CCCCC/C=C\C/C=C\CCCCCCCCCC(=O)NC(COC1OC(CO)C(O)C(OS(=O)(=O)O)C1O)C(O)/C=C/CCCCCCCCCCCCCCCC. The molecule has 0 aromatic heterocycles. The predicted octanol–water partition coefficient (Wildman–Crippen LogP) is 9.50. The van der Waals surface area contributed by atoms with Crippen molar-refractivity contribution in [2.24, 2.45) is 0 Å². The van der Waals surface area contributed by atoms with Crippen molar-refractivity contribution in [3.8, 4) is 0 Å². The lowest BCUT2D eigenvalue weighted by Crippen LogP contribution is -2.61. The van der Waals surface area contributed by atoms with Crippen molar-refractivity contribution in [2.45, 2.75) is 243 Å². The Balaban J connectivity index is 2.52. The Hall–Kier alpha value is -1.68. The summed E-state index contributed by atoms with van der Waals surface area (Å²) < 4.78 is 47.6. The molecule has 12 nitrogen and oxygen atoms in total. The molecule has 1 saturated heterocycles. The standard InChI is InChI=1S/C47H87NO11S/c1-3-5-7-9-11-13-15-17-19-21-23-25-27-29-31-33-35-37-43(51)48-40(39-57-47-45(53)46(59-60(54,55)56)44(52)42(38-49)58-47)41(50)36-34-32-30-28-26-24-22-20-18-16-14-12-10-8-6-4-2/h11,13,17,19,34,36,40-42,44-47,49-50,52-53H,3-10,12,14-16,18,20-33,35,37-39H2,1-2H3,(H,48,51)(H,54,55,56)/b13-11-,19-17-,36-34+. The summed E-state index contributed by atoms with van der Waals surface area (Å²) >= 11 is 0. The van der Waals surface area contributed by atoms with Gasteiger partial charge in [0.15, 0.2) is 6.29 Å². The topological polar surface area (TPSA) is 192 Å².